The van der Waals surface area contributed by atoms with Crippen LogP contribution in [0.2, 0.25) is 0 Å². The molecule has 9 heteroatoms. The molecule has 1 atom stereocenters. The monoisotopic (exact) mass is 473 g/mol. The number of nitrogens with one attached hydrogen (secondary N) is 2. The Balaban J connectivity index is 1.44. The SMILES string of the molecule is Cc1ccc(C(=O)NCc2ccc(CS(=O)O)cc2)cc1Nc1nccc(-c2cccnc2)n1. The number of pyridine rings is 1. The summed E-state index contributed by atoms with van der Waals surface area (Å²) < 4.78 is 19.9. The van der Waals surface area contributed by atoms with E-state index in [0.29, 0.717) is 18.1 Å². The Morgan fingerprint density at radius 3 is 2.56 bits per heavy atom. The smallest absolute Gasteiger partial charge is 0.251 e. The molecule has 2 heterocycles. The van der Waals surface area contributed by atoms with Crippen molar-refractivity contribution in [2.75, 3.05) is 5.32 Å². The number of anilines is 2. The molecule has 8 nitrogen and oxygen atoms in total. The summed E-state index contributed by atoms with van der Waals surface area (Å²) in [7, 11) is 0. The first kappa shape index (κ1) is 23.2. The molecule has 4 rings (SSSR count). The lowest BCUT2D eigenvalue weighted by Crippen LogP contribution is -2.23. The molecule has 2 aromatic carbocycles. The molecule has 0 bridgehead atoms. The van der Waals surface area contributed by atoms with Crippen LogP contribution in [-0.4, -0.2) is 29.6 Å². The van der Waals surface area contributed by atoms with Crippen molar-refractivity contribution in [3.63, 3.8) is 0 Å². The minimum atomic E-state index is -1.88. The van der Waals surface area contributed by atoms with Gasteiger partial charge in [-0.25, -0.2) is 14.2 Å². The third kappa shape index (κ3) is 6.09. The largest absolute Gasteiger partial charge is 0.348 e. The summed E-state index contributed by atoms with van der Waals surface area (Å²) in [5.41, 5.74) is 5.47. The predicted molar refractivity (Wildman–Crippen MR) is 132 cm³/mol. The standard InChI is InChI=1S/C25H23N5O3S/c1-17-4-9-20(24(31)28-14-18-5-7-19(8-6-18)16-34(32)33)13-23(17)30-25-27-12-10-22(29-25)21-3-2-11-26-15-21/h2-13,15H,14,16H2,1H3,(H,28,31)(H,32,33)(H,27,29,30). The van der Waals surface area contributed by atoms with Crippen LogP contribution in [0.3, 0.4) is 0 Å². The maximum atomic E-state index is 12.7. The van der Waals surface area contributed by atoms with Crippen LogP contribution < -0.4 is 10.6 Å². The van der Waals surface area contributed by atoms with Gasteiger partial charge in [-0.3, -0.25) is 9.78 Å². The highest BCUT2D eigenvalue weighted by Crippen LogP contribution is 2.22. The van der Waals surface area contributed by atoms with Gasteiger partial charge in [0.05, 0.1) is 11.4 Å². The number of hydrogen-bond acceptors (Lipinski definition) is 6. The van der Waals surface area contributed by atoms with Crippen molar-refractivity contribution in [1.82, 2.24) is 20.3 Å². The van der Waals surface area contributed by atoms with Crippen LogP contribution in [0.4, 0.5) is 11.6 Å². The zero-order valence-corrected chi connectivity index (χ0v) is 19.2. The highest BCUT2D eigenvalue weighted by atomic mass is 32.2. The molecule has 0 fully saturated rings. The van der Waals surface area contributed by atoms with Gasteiger partial charge in [0.25, 0.3) is 5.91 Å². The topological polar surface area (TPSA) is 117 Å². The molecule has 1 unspecified atom stereocenters. The number of hydrogen-bond donors (Lipinski definition) is 3. The van der Waals surface area contributed by atoms with Crippen LogP contribution in [0.25, 0.3) is 11.3 Å². The maximum absolute atomic E-state index is 12.7. The van der Waals surface area contributed by atoms with Crippen molar-refractivity contribution in [3.05, 3.63) is 102 Å². The molecule has 0 radical (unpaired) electrons. The highest BCUT2D eigenvalue weighted by molar-refractivity contribution is 7.78. The first-order chi connectivity index (χ1) is 16.5. The molecule has 2 aromatic heterocycles. The number of carbonyl (C=O) groups is 1. The number of rotatable bonds is 8. The summed E-state index contributed by atoms with van der Waals surface area (Å²) in [5.74, 6) is 0.292. The Morgan fingerprint density at radius 1 is 1.03 bits per heavy atom. The second-order valence-electron chi connectivity index (χ2n) is 7.63. The lowest BCUT2D eigenvalue weighted by molar-refractivity contribution is 0.0951. The third-order valence-electron chi connectivity index (χ3n) is 5.13. The Bertz CT molecular complexity index is 1310. The minimum absolute atomic E-state index is 0.0840. The van der Waals surface area contributed by atoms with Gasteiger partial charge in [-0.05, 0) is 53.9 Å². The van der Waals surface area contributed by atoms with E-state index in [0.717, 1.165) is 33.6 Å². The molecule has 0 aliphatic rings. The van der Waals surface area contributed by atoms with Gasteiger partial charge in [0, 0.05) is 41.9 Å². The van der Waals surface area contributed by atoms with Gasteiger partial charge in [-0.2, -0.15) is 0 Å². The van der Waals surface area contributed by atoms with Gasteiger partial charge < -0.3 is 15.2 Å². The minimum Gasteiger partial charge on any atom is -0.348 e. The Labute approximate surface area is 199 Å². The number of aryl methyl sites for hydroxylation is 1. The number of carbonyl (C=O) groups excluding carboxylic acids is 1. The van der Waals surface area contributed by atoms with Gasteiger partial charge >= 0.3 is 0 Å². The summed E-state index contributed by atoms with van der Waals surface area (Å²) in [5, 5.41) is 6.11. The average molecular weight is 474 g/mol. The summed E-state index contributed by atoms with van der Waals surface area (Å²) in [6.07, 6.45) is 5.12. The van der Waals surface area contributed by atoms with Crippen LogP contribution in [0.5, 0.6) is 0 Å². The molecule has 0 spiro atoms. The fourth-order valence-electron chi connectivity index (χ4n) is 3.29. The maximum Gasteiger partial charge on any atom is 0.251 e. The second kappa shape index (κ2) is 10.8. The van der Waals surface area contributed by atoms with E-state index in [4.69, 9.17) is 4.55 Å². The van der Waals surface area contributed by atoms with Crippen LogP contribution in [0.15, 0.2) is 79.3 Å². The molecule has 34 heavy (non-hydrogen) atoms. The van der Waals surface area contributed by atoms with Crippen molar-refractivity contribution in [3.8, 4) is 11.3 Å². The molecule has 0 aliphatic heterocycles. The molecule has 3 N–H and O–H groups in total. The van der Waals surface area contributed by atoms with Crippen molar-refractivity contribution in [2.45, 2.75) is 19.2 Å². The molecule has 0 saturated heterocycles. The summed E-state index contributed by atoms with van der Waals surface area (Å²) in [6, 6.07) is 18.2. The number of benzene rings is 2. The second-order valence-corrected chi connectivity index (χ2v) is 8.56. The fraction of sp³-hybridized carbons (Fsp3) is 0.120. The number of nitrogens with zero attached hydrogens (tertiary/aromatic N) is 3. The van der Waals surface area contributed by atoms with E-state index in [1.54, 1.807) is 42.9 Å². The average Bonchev–Trinajstić information content (AvgIpc) is 2.85. The predicted octanol–water partition coefficient (Wildman–Crippen LogP) is 4.24. The van der Waals surface area contributed by atoms with Gasteiger partial charge in [0.1, 0.15) is 0 Å². The van der Waals surface area contributed by atoms with Crippen LogP contribution in [-0.2, 0) is 23.4 Å². The zero-order valence-electron chi connectivity index (χ0n) is 18.4. The van der Waals surface area contributed by atoms with Crippen molar-refractivity contribution < 1.29 is 13.6 Å². The van der Waals surface area contributed by atoms with Crippen LogP contribution >= 0.6 is 0 Å². The molecule has 1 amide bonds. The van der Waals surface area contributed by atoms with E-state index in [1.807, 2.05) is 43.3 Å². The summed E-state index contributed by atoms with van der Waals surface area (Å²) in [4.78, 5) is 25.7. The highest BCUT2D eigenvalue weighted by Gasteiger charge is 2.10. The summed E-state index contributed by atoms with van der Waals surface area (Å²) >= 11 is -1.88. The number of amides is 1. The van der Waals surface area contributed by atoms with Crippen molar-refractivity contribution in [2.24, 2.45) is 0 Å². The normalized spacial score (nSPS) is 11.6. The van der Waals surface area contributed by atoms with E-state index in [9.17, 15) is 9.00 Å². The van der Waals surface area contributed by atoms with Gasteiger partial charge in [-0.15, -0.1) is 0 Å². The van der Waals surface area contributed by atoms with Gasteiger partial charge in [0.2, 0.25) is 5.95 Å². The van der Waals surface area contributed by atoms with Crippen molar-refractivity contribution in [1.29, 1.82) is 0 Å². The number of aromatic nitrogens is 3. The first-order valence-electron chi connectivity index (χ1n) is 10.5. The van der Waals surface area contributed by atoms with Gasteiger partial charge in [0.15, 0.2) is 11.1 Å². The van der Waals surface area contributed by atoms with E-state index in [1.165, 1.54) is 0 Å². The molecule has 172 valence electrons. The molecule has 0 aliphatic carbocycles. The molecule has 4 aromatic rings. The molecular formula is C25H23N5O3S. The lowest BCUT2D eigenvalue weighted by Gasteiger charge is -2.12. The fourth-order valence-corrected chi connectivity index (χ4v) is 3.77. The van der Waals surface area contributed by atoms with Gasteiger partial charge in [-0.1, -0.05) is 30.3 Å². The first-order valence-corrected chi connectivity index (χ1v) is 11.8. The van der Waals surface area contributed by atoms with Crippen molar-refractivity contribution >= 4 is 28.6 Å². The van der Waals surface area contributed by atoms with E-state index >= 15 is 0 Å². The van der Waals surface area contributed by atoms with Crippen LogP contribution in [0, 0.1) is 6.92 Å². The molecule has 0 saturated carbocycles. The third-order valence-corrected chi connectivity index (χ3v) is 5.71. The van der Waals surface area contributed by atoms with E-state index in [2.05, 4.69) is 25.6 Å². The summed E-state index contributed by atoms with van der Waals surface area (Å²) in [6.45, 7) is 2.28. The molecular weight excluding hydrogens is 450 g/mol. The lowest BCUT2D eigenvalue weighted by atomic mass is 10.1. The van der Waals surface area contributed by atoms with E-state index in [-0.39, 0.29) is 11.7 Å². The van der Waals surface area contributed by atoms with Crippen LogP contribution in [0.1, 0.15) is 27.0 Å². The Kier molecular flexibility index (Phi) is 7.36. The zero-order chi connectivity index (χ0) is 23.9. The Morgan fingerprint density at radius 2 is 1.82 bits per heavy atom. The van der Waals surface area contributed by atoms with E-state index < -0.39 is 11.1 Å². The Hall–Kier alpha value is -3.95. The quantitative estimate of drug-likeness (QED) is 0.328.